The van der Waals surface area contributed by atoms with Crippen molar-refractivity contribution in [2.75, 3.05) is 0 Å². The molecule has 0 radical (unpaired) electrons. The fourth-order valence-corrected chi connectivity index (χ4v) is 1.37. The number of halogens is 4. The fraction of sp³-hybridized carbons (Fsp3) is 0.364. The van der Waals surface area contributed by atoms with Gasteiger partial charge in [-0.05, 0) is 24.6 Å². The lowest BCUT2D eigenvalue weighted by Crippen LogP contribution is -2.45. The number of hydrogen-bond acceptors (Lipinski definition) is 2. The van der Waals surface area contributed by atoms with Gasteiger partial charge in [-0.3, -0.25) is 10.1 Å². The lowest BCUT2D eigenvalue weighted by Gasteiger charge is -2.24. The third-order valence-electron chi connectivity index (χ3n) is 2.37. The minimum atomic E-state index is -4.61. The standard InChI is InChI=1S/C11H12F4N2O/c1-6(10(16)18)17-9(11(13,14)15)7-2-4-8(12)5-3-7/h2-6,9,17H,1H3,(H2,16,18)/t6-,9-/m1/s1. The van der Waals surface area contributed by atoms with Crippen molar-refractivity contribution in [3.63, 3.8) is 0 Å². The molecule has 3 N–H and O–H groups in total. The molecule has 100 valence electrons. The molecule has 0 aromatic heterocycles. The topological polar surface area (TPSA) is 55.1 Å². The van der Waals surface area contributed by atoms with Gasteiger partial charge in [-0.15, -0.1) is 0 Å². The van der Waals surface area contributed by atoms with E-state index in [4.69, 9.17) is 5.73 Å². The van der Waals surface area contributed by atoms with Crippen molar-refractivity contribution < 1.29 is 22.4 Å². The van der Waals surface area contributed by atoms with Crippen molar-refractivity contribution in [2.45, 2.75) is 25.2 Å². The zero-order chi connectivity index (χ0) is 13.9. The van der Waals surface area contributed by atoms with Gasteiger partial charge in [0.1, 0.15) is 11.9 Å². The monoisotopic (exact) mass is 264 g/mol. The van der Waals surface area contributed by atoms with Crippen LogP contribution in [-0.2, 0) is 4.79 Å². The van der Waals surface area contributed by atoms with Crippen molar-refractivity contribution in [3.05, 3.63) is 35.6 Å². The predicted molar refractivity (Wildman–Crippen MR) is 57.0 cm³/mol. The third-order valence-corrected chi connectivity index (χ3v) is 2.37. The molecule has 0 fully saturated rings. The highest BCUT2D eigenvalue weighted by Crippen LogP contribution is 2.33. The molecule has 1 rings (SSSR count). The number of hydrogen-bond donors (Lipinski definition) is 2. The maximum absolute atomic E-state index is 12.8. The molecule has 0 aliphatic heterocycles. The normalized spacial score (nSPS) is 15.2. The van der Waals surface area contributed by atoms with Gasteiger partial charge in [-0.1, -0.05) is 12.1 Å². The number of amides is 1. The first-order chi connectivity index (χ1) is 8.21. The highest BCUT2D eigenvalue weighted by atomic mass is 19.4. The van der Waals surface area contributed by atoms with Crippen molar-refractivity contribution >= 4 is 5.91 Å². The molecule has 0 heterocycles. The number of benzene rings is 1. The summed E-state index contributed by atoms with van der Waals surface area (Å²) in [4.78, 5) is 10.8. The van der Waals surface area contributed by atoms with E-state index in [1.807, 2.05) is 0 Å². The van der Waals surface area contributed by atoms with E-state index in [1.54, 1.807) is 0 Å². The van der Waals surface area contributed by atoms with Crippen LogP contribution in [0.5, 0.6) is 0 Å². The number of carbonyl (C=O) groups is 1. The molecule has 3 nitrogen and oxygen atoms in total. The molecular formula is C11H12F4N2O. The van der Waals surface area contributed by atoms with E-state index in [0.717, 1.165) is 24.3 Å². The average molecular weight is 264 g/mol. The summed E-state index contributed by atoms with van der Waals surface area (Å²) in [5.74, 6) is -1.53. The van der Waals surface area contributed by atoms with Gasteiger partial charge >= 0.3 is 6.18 Å². The minimum Gasteiger partial charge on any atom is -0.368 e. The molecule has 7 heteroatoms. The van der Waals surface area contributed by atoms with Crippen molar-refractivity contribution in [3.8, 4) is 0 Å². The SMILES string of the molecule is C[C@@H](N[C@H](c1ccc(F)cc1)C(F)(F)F)C(N)=O. The zero-order valence-corrected chi connectivity index (χ0v) is 9.46. The molecule has 0 aliphatic rings. The van der Waals surface area contributed by atoms with Crippen LogP contribution in [-0.4, -0.2) is 18.1 Å². The largest absolute Gasteiger partial charge is 0.407 e. The van der Waals surface area contributed by atoms with E-state index in [9.17, 15) is 22.4 Å². The smallest absolute Gasteiger partial charge is 0.368 e. The molecule has 1 aromatic carbocycles. The summed E-state index contributed by atoms with van der Waals surface area (Å²) in [5, 5.41) is 2.07. The lowest BCUT2D eigenvalue weighted by atomic mass is 10.1. The maximum atomic E-state index is 12.8. The Bertz CT molecular complexity index is 416. The first-order valence-corrected chi connectivity index (χ1v) is 5.09. The van der Waals surface area contributed by atoms with Crippen LogP contribution in [0.1, 0.15) is 18.5 Å². The Kier molecular flexibility index (Phi) is 4.28. The second-order valence-electron chi connectivity index (χ2n) is 3.82. The van der Waals surface area contributed by atoms with Crippen LogP contribution in [0, 0.1) is 5.82 Å². The lowest BCUT2D eigenvalue weighted by molar-refractivity contribution is -0.160. The van der Waals surface area contributed by atoms with Gasteiger partial charge in [-0.2, -0.15) is 13.2 Å². The van der Waals surface area contributed by atoms with E-state index in [1.165, 1.54) is 6.92 Å². The number of rotatable bonds is 4. The number of primary amides is 1. The van der Waals surface area contributed by atoms with E-state index in [0.29, 0.717) is 0 Å². The summed E-state index contributed by atoms with van der Waals surface area (Å²) in [5.41, 5.74) is 4.72. The molecular weight excluding hydrogens is 252 g/mol. The Balaban J connectivity index is 2.99. The molecule has 1 amide bonds. The third kappa shape index (κ3) is 3.69. The summed E-state index contributed by atoms with van der Waals surface area (Å²) in [6, 6.07) is 0.639. The maximum Gasteiger partial charge on any atom is 0.407 e. The molecule has 0 saturated carbocycles. The molecule has 0 aliphatic carbocycles. The van der Waals surface area contributed by atoms with Gasteiger partial charge in [-0.25, -0.2) is 4.39 Å². The highest BCUT2D eigenvalue weighted by Gasteiger charge is 2.41. The van der Waals surface area contributed by atoms with Crippen molar-refractivity contribution in [2.24, 2.45) is 5.73 Å². The van der Waals surface area contributed by atoms with Gasteiger partial charge in [0.2, 0.25) is 5.91 Å². The van der Waals surface area contributed by atoms with Gasteiger partial charge in [0.25, 0.3) is 0 Å². The highest BCUT2D eigenvalue weighted by molar-refractivity contribution is 5.79. The van der Waals surface area contributed by atoms with E-state index < -0.39 is 30.0 Å². The summed E-state index contributed by atoms with van der Waals surface area (Å²) < 4.78 is 51.1. The Morgan fingerprint density at radius 3 is 2.17 bits per heavy atom. The quantitative estimate of drug-likeness (QED) is 0.816. The first kappa shape index (κ1) is 14.4. The molecule has 0 bridgehead atoms. The molecule has 1 aromatic rings. The first-order valence-electron chi connectivity index (χ1n) is 5.09. The number of nitrogens with one attached hydrogen (secondary N) is 1. The summed E-state index contributed by atoms with van der Waals surface area (Å²) >= 11 is 0. The van der Waals surface area contributed by atoms with Gasteiger partial charge < -0.3 is 5.73 Å². The second kappa shape index (κ2) is 5.34. The van der Waals surface area contributed by atoms with E-state index in [2.05, 4.69) is 5.32 Å². The zero-order valence-electron chi connectivity index (χ0n) is 9.46. The average Bonchev–Trinajstić information content (AvgIpc) is 2.25. The minimum absolute atomic E-state index is 0.183. The summed E-state index contributed by atoms with van der Waals surface area (Å²) in [7, 11) is 0. The molecule has 18 heavy (non-hydrogen) atoms. The number of alkyl halides is 3. The molecule has 2 atom stereocenters. The van der Waals surface area contributed by atoms with Gasteiger partial charge in [0, 0.05) is 0 Å². The number of nitrogens with two attached hydrogens (primary N) is 1. The van der Waals surface area contributed by atoms with Crippen LogP contribution in [0.3, 0.4) is 0 Å². The van der Waals surface area contributed by atoms with Crippen LogP contribution in [0.25, 0.3) is 0 Å². The van der Waals surface area contributed by atoms with Gasteiger partial charge in [0.15, 0.2) is 0 Å². The molecule has 0 unspecified atom stereocenters. The summed E-state index contributed by atoms with van der Waals surface area (Å²) in [6.45, 7) is 1.23. The number of carbonyl (C=O) groups excluding carboxylic acids is 1. The Morgan fingerprint density at radius 1 is 1.28 bits per heavy atom. The second-order valence-corrected chi connectivity index (χ2v) is 3.82. The van der Waals surface area contributed by atoms with Crippen molar-refractivity contribution in [1.29, 1.82) is 0 Å². The van der Waals surface area contributed by atoms with Gasteiger partial charge in [0.05, 0.1) is 6.04 Å². The summed E-state index contributed by atoms with van der Waals surface area (Å²) in [6.07, 6.45) is -4.61. The van der Waals surface area contributed by atoms with Crippen molar-refractivity contribution in [1.82, 2.24) is 5.32 Å². The van der Waals surface area contributed by atoms with Crippen LogP contribution in [0.15, 0.2) is 24.3 Å². The van der Waals surface area contributed by atoms with E-state index >= 15 is 0 Å². The fourth-order valence-electron chi connectivity index (χ4n) is 1.37. The predicted octanol–water partition coefficient (Wildman–Crippen LogP) is 1.89. The van der Waals surface area contributed by atoms with Crippen LogP contribution in [0.2, 0.25) is 0 Å². The van der Waals surface area contributed by atoms with Crippen LogP contribution < -0.4 is 11.1 Å². The van der Waals surface area contributed by atoms with E-state index in [-0.39, 0.29) is 5.56 Å². The Hall–Kier alpha value is -1.63. The van der Waals surface area contributed by atoms with Crippen LogP contribution >= 0.6 is 0 Å². The Labute approximate surface area is 101 Å². The van der Waals surface area contributed by atoms with Crippen LogP contribution in [0.4, 0.5) is 17.6 Å². The molecule has 0 spiro atoms. The molecule has 0 saturated heterocycles. The Morgan fingerprint density at radius 2 is 1.78 bits per heavy atom.